The molecule has 1 heterocycles. The van der Waals surface area contributed by atoms with E-state index in [1.807, 2.05) is 6.07 Å². The van der Waals surface area contributed by atoms with E-state index in [0.717, 1.165) is 23.5 Å². The number of benzene rings is 1. The zero-order valence-corrected chi connectivity index (χ0v) is 15.8. The molecule has 0 aliphatic heterocycles. The Kier molecular flexibility index (Phi) is 4.43. The molecule has 0 saturated carbocycles. The van der Waals surface area contributed by atoms with Gasteiger partial charge < -0.3 is 10.1 Å². The molecule has 1 aromatic heterocycles. The Morgan fingerprint density at radius 1 is 1.21 bits per heavy atom. The van der Waals surface area contributed by atoms with E-state index in [9.17, 15) is 4.79 Å². The van der Waals surface area contributed by atoms with Gasteiger partial charge in [-0.3, -0.25) is 4.79 Å². The van der Waals surface area contributed by atoms with Crippen LogP contribution in [0.5, 0.6) is 5.75 Å². The van der Waals surface area contributed by atoms with Crippen molar-refractivity contribution in [3.8, 4) is 16.2 Å². The fourth-order valence-corrected chi connectivity index (χ4v) is 3.98. The summed E-state index contributed by atoms with van der Waals surface area (Å²) in [4.78, 5) is 14.6. The number of ether oxygens (including phenoxy) is 1. The number of methoxy groups -OCH3 is 1. The predicted molar refractivity (Wildman–Crippen MR) is 100 cm³/mol. The second-order valence-electron chi connectivity index (χ2n) is 7.55. The highest BCUT2D eigenvalue weighted by Gasteiger charge is 2.25. The Balaban J connectivity index is 1.90. The molecule has 2 aromatic rings. The summed E-state index contributed by atoms with van der Waals surface area (Å²) in [7, 11) is 1.69. The first kappa shape index (κ1) is 17.0. The third-order valence-electron chi connectivity index (χ3n) is 4.90. The van der Waals surface area contributed by atoms with Crippen LogP contribution in [0.2, 0.25) is 0 Å². The lowest BCUT2D eigenvalue weighted by atomic mass is 9.88. The molecule has 3 rings (SSSR count). The molecule has 3 nitrogen and oxygen atoms in total. The highest BCUT2D eigenvalue weighted by Crippen LogP contribution is 2.41. The Hall–Kier alpha value is -1.81. The summed E-state index contributed by atoms with van der Waals surface area (Å²) < 4.78 is 5.36. The van der Waals surface area contributed by atoms with Crippen LogP contribution in [0.15, 0.2) is 24.3 Å². The second-order valence-corrected chi connectivity index (χ2v) is 8.60. The number of amides is 1. The maximum atomic E-state index is 12.6. The number of hydrogen-bond acceptors (Lipinski definition) is 3. The SMILES string of the molecule is COc1ccc2c(c1)-c1sc(C(=O)N[C@@H](C)C(C)(C)C)cc1CC2. The summed E-state index contributed by atoms with van der Waals surface area (Å²) >= 11 is 1.59. The first-order valence-corrected chi connectivity index (χ1v) is 9.22. The molecule has 128 valence electrons. The molecule has 1 aliphatic rings. The van der Waals surface area contributed by atoms with Crippen LogP contribution >= 0.6 is 11.3 Å². The van der Waals surface area contributed by atoms with Gasteiger partial charge in [-0.05, 0) is 60.1 Å². The molecule has 1 aromatic carbocycles. The van der Waals surface area contributed by atoms with E-state index in [4.69, 9.17) is 4.74 Å². The van der Waals surface area contributed by atoms with E-state index < -0.39 is 0 Å². The van der Waals surface area contributed by atoms with Gasteiger partial charge in [-0.15, -0.1) is 11.3 Å². The van der Waals surface area contributed by atoms with Gasteiger partial charge in [0.2, 0.25) is 0 Å². The average Bonchev–Trinajstić information content (AvgIpc) is 2.98. The van der Waals surface area contributed by atoms with E-state index in [-0.39, 0.29) is 17.4 Å². The van der Waals surface area contributed by atoms with Crippen molar-refractivity contribution in [2.24, 2.45) is 5.41 Å². The molecule has 0 fully saturated rings. The minimum Gasteiger partial charge on any atom is -0.497 e. The first-order valence-electron chi connectivity index (χ1n) is 8.40. The van der Waals surface area contributed by atoms with Crippen molar-refractivity contribution in [1.29, 1.82) is 0 Å². The molecular weight excluding hydrogens is 318 g/mol. The number of nitrogens with one attached hydrogen (secondary N) is 1. The number of carbonyl (C=O) groups is 1. The van der Waals surface area contributed by atoms with Crippen molar-refractivity contribution in [3.63, 3.8) is 0 Å². The van der Waals surface area contributed by atoms with Gasteiger partial charge in [0.1, 0.15) is 5.75 Å². The van der Waals surface area contributed by atoms with E-state index in [2.05, 4.69) is 51.2 Å². The Bertz CT molecular complexity index is 770. The Morgan fingerprint density at radius 3 is 2.58 bits per heavy atom. The largest absolute Gasteiger partial charge is 0.497 e. The van der Waals surface area contributed by atoms with Crippen LogP contribution in [0.25, 0.3) is 10.4 Å². The van der Waals surface area contributed by atoms with Gasteiger partial charge in [-0.25, -0.2) is 0 Å². The molecule has 4 heteroatoms. The quantitative estimate of drug-likeness (QED) is 0.878. The highest BCUT2D eigenvalue weighted by atomic mass is 32.1. The lowest BCUT2D eigenvalue weighted by Crippen LogP contribution is -2.41. The van der Waals surface area contributed by atoms with Crippen LogP contribution in [0, 0.1) is 5.41 Å². The summed E-state index contributed by atoms with van der Waals surface area (Å²) in [5, 5.41) is 3.14. The maximum absolute atomic E-state index is 12.6. The van der Waals surface area contributed by atoms with Gasteiger partial charge in [-0.1, -0.05) is 26.8 Å². The van der Waals surface area contributed by atoms with Crippen LogP contribution in [-0.4, -0.2) is 19.1 Å². The van der Waals surface area contributed by atoms with Crippen molar-refractivity contribution in [3.05, 3.63) is 40.3 Å². The summed E-state index contributed by atoms with van der Waals surface area (Å²) in [6.07, 6.45) is 2.01. The normalized spacial score (nSPS) is 14.5. The molecular formula is C20H25NO2S. The number of aryl methyl sites for hydroxylation is 2. The average molecular weight is 343 g/mol. The zero-order chi connectivity index (χ0) is 17.5. The number of hydrogen-bond donors (Lipinski definition) is 1. The third-order valence-corrected chi connectivity index (χ3v) is 6.11. The van der Waals surface area contributed by atoms with E-state index in [1.165, 1.54) is 21.6 Å². The Morgan fingerprint density at radius 2 is 1.92 bits per heavy atom. The summed E-state index contributed by atoms with van der Waals surface area (Å²) in [6.45, 7) is 8.48. The maximum Gasteiger partial charge on any atom is 0.261 e. The van der Waals surface area contributed by atoms with E-state index >= 15 is 0 Å². The number of rotatable bonds is 3. The van der Waals surface area contributed by atoms with Crippen LogP contribution < -0.4 is 10.1 Å². The predicted octanol–water partition coefficient (Wildman–Crippen LogP) is 4.69. The zero-order valence-electron chi connectivity index (χ0n) is 15.0. The first-order chi connectivity index (χ1) is 11.3. The Labute approximate surface area is 148 Å². The summed E-state index contributed by atoms with van der Waals surface area (Å²) in [5.74, 6) is 0.892. The fraction of sp³-hybridized carbons (Fsp3) is 0.450. The lowest BCUT2D eigenvalue weighted by molar-refractivity contribution is 0.0914. The standard InChI is InChI=1S/C20H25NO2S/c1-12(20(2,3)4)21-19(22)17-10-14-7-6-13-8-9-15(23-5)11-16(13)18(14)24-17/h8-12H,6-7H2,1-5H3,(H,21,22)/t12-/m0/s1. The van der Waals surface area contributed by atoms with Crippen LogP contribution in [0.4, 0.5) is 0 Å². The fourth-order valence-electron chi connectivity index (χ4n) is 2.82. The monoisotopic (exact) mass is 343 g/mol. The number of thiophene rings is 1. The molecule has 24 heavy (non-hydrogen) atoms. The third kappa shape index (κ3) is 3.20. The molecule has 1 N–H and O–H groups in total. The van der Waals surface area contributed by atoms with Crippen molar-refractivity contribution in [2.75, 3.05) is 7.11 Å². The number of fused-ring (bicyclic) bond motifs is 3. The van der Waals surface area contributed by atoms with Gasteiger partial charge in [0.25, 0.3) is 5.91 Å². The smallest absolute Gasteiger partial charge is 0.261 e. The summed E-state index contributed by atoms with van der Waals surface area (Å²) in [5.41, 5.74) is 3.87. The van der Waals surface area contributed by atoms with Crippen LogP contribution in [-0.2, 0) is 12.8 Å². The highest BCUT2D eigenvalue weighted by molar-refractivity contribution is 7.17. The van der Waals surface area contributed by atoms with Crippen molar-refractivity contribution in [2.45, 2.75) is 46.6 Å². The van der Waals surface area contributed by atoms with Gasteiger partial charge in [0, 0.05) is 10.9 Å². The van der Waals surface area contributed by atoms with Crippen LogP contribution in [0.1, 0.15) is 48.5 Å². The molecule has 0 saturated heterocycles. The minimum absolute atomic E-state index is 0.0290. The molecule has 0 radical (unpaired) electrons. The summed E-state index contributed by atoms with van der Waals surface area (Å²) in [6, 6.07) is 8.42. The van der Waals surface area contributed by atoms with Crippen molar-refractivity contribution < 1.29 is 9.53 Å². The van der Waals surface area contributed by atoms with Gasteiger partial charge in [0.15, 0.2) is 0 Å². The molecule has 0 bridgehead atoms. The molecule has 1 atom stereocenters. The van der Waals surface area contributed by atoms with Crippen LogP contribution in [0.3, 0.4) is 0 Å². The van der Waals surface area contributed by atoms with E-state index in [1.54, 1.807) is 18.4 Å². The van der Waals surface area contributed by atoms with Crippen molar-refractivity contribution >= 4 is 17.2 Å². The van der Waals surface area contributed by atoms with E-state index in [0.29, 0.717) is 0 Å². The topological polar surface area (TPSA) is 38.3 Å². The van der Waals surface area contributed by atoms with Gasteiger partial charge >= 0.3 is 0 Å². The van der Waals surface area contributed by atoms with Gasteiger partial charge in [0.05, 0.1) is 12.0 Å². The lowest BCUT2D eigenvalue weighted by Gasteiger charge is -2.27. The molecule has 0 unspecified atom stereocenters. The molecule has 1 amide bonds. The van der Waals surface area contributed by atoms with Crippen molar-refractivity contribution in [1.82, 2.24) is 5.32 Å². The minimum atomic E-state index is 0.0290. The number of carbonyl (C=O) groups excluding carboxylic acids is 1. The van der Waals surface area contributed by atoms with Gasteiger partial charge in [-0.2, -0.15) is 0 Å². The molecule has 1 aliphatic carbocycles. The molecule has 0 spiro atoms. The second kappa shape index (κ2) is 6.25.